The molecular formula is C26H23FN2O4. The molecule has 0 spiro atoms. The second-order valence-corrected chi connectivity index (χ2v) is 7.41. The molecule has 1 heterocycles. The van der Waals surface area contributed by atoms with Gasteiger partial charge in [-0.05, 0) is 61.9 Å². The predicted molar refractivity (Wildman–Crippen MR) is 125 cm³/mol. The van der Waals surface area contributed by atoms with E-state index in [4.69, 9.17) is 14.9 Å². The Morgan fingerprint density at radius 3 is 2.48 bits per heavy atom. The van der Waals surface area contributed by atoms with Gasteiger partial charge < -0.3 is 20.2 Å². The second-order valence-electron chi connectivity index (χ2n) is 7.41. The smallest absolute Gasteiger partial charge is 0.338 e. The zero-order chi connectivity index (χ0) is 23.5. The molecule has 33 heavy (non-hydrogen) atoms. The van der Waals surface area contributed by atoms with Gasteiger partial charge in [0.1, 0.15) is 17.2 Å². The molecule has 3 aromatic carbocycles. The number of anilines is 1. The van der Waals surface area contributed by atoms with Crippen molar-refractivity contribution in [1.82, 2.24) is 5.32 Å². The lowest BCUT2D eigenvalue weighted by Crippen LogP contribution is -2.22. The summed E-state index contributed by atoms with van der Waals surface area (Å²) in [4.78, 5) is 25.2. The monoisotopic (exact) mass is 446 g/mol. The van der Waals surface area contributed by atoms with Gasteiger partial charge in [-0.3, -0.25) is 4.79 Å². The molecule has 0 saturated heterocycles. The molecule has 0 aliphatic rings. The van der Waals surface area contributed by atoms with Gasteiger partial charge in [0, 0.05) is 34.8 Å². The number of esters is 1. The number of carbonyl (C=O) groups excluding carboxylic acids is 2. The zero-order valence-electron chi connectivity index (χ0n) is 18.3. The number of hydrogen-bond acceptors (Lipinski definition) is 5. The third kappa shape index (κ3) is 4.30. The van der Waals surface area contributed by atoms with Gasteiger partial charge in [0.15, 0.2) is 0 Å². The highest BCUT2D eigenvalue weighted by Crippen LogP contribution is 2.39. The first-order chi connectivity index (χ1) is 15.9. The van der Waals surface area contributed by atoms with Crippen LogP contribution < -0.4 is 11.1 Å². The van der Waals surface area contributed by atoms with Crippen molar-refractivity contribution < 1.29 is 23.1 Å². The number of amides is 1. The van der Waals surface area contributed by atoms with Crippen molar-refractivity contribution in [2.75, 3.05) is 18.9 Å². The SMILES string of the molecule is CCNC(=O)c1c(-c2ccc(F)cc2)oc2cc(N)c(-c3cccc(C(=O)OCC)c3)cc12. The van der Waals surface area contributed by atoms with Gasteiger partial charge in [0.2, 0.25) is 0 Å². The lowest BCUT2D eigenvalue weighted by Gasteiger charge is -2.09. The molecule has 7 heteroatoms. The molecule has 0 aliphatic carbocycles. The third-order valence-electron chi connectivity index (χ3n) is 5.22. The van der Waals surface area contributed by atoms with Crippen LogP contribution in [-0.4, -0.2) is 25.0 Å². The highest BCUT2D eigenvalue weighted by atomic mass is 19.1. The Balaban J connectivity index is 1.91. The minimum atomic E-state index is -0.427. The number of fused-ring (bicyclic) bond motifs is 1. The van der Waals surface area contributed by atoms with Crippen LogP contribution in [0.25, 0.3) is 33.4 Å². The standard InChI is InChI=1S/C26H23FN2O4/c1-3-29-25(30)23-20-13-19(16-6-5-7-17(12-16)26(31)32-4-2)21(28)14-22(20)33-24(23)15-8-10-18(27)11-9-15/h5-14H,3-4,28H2,1-2H3,(H,29,30). The zero-order valence-corrected chi connectivity index (χ0v) is 18.3. The maximum Gasteiger partial charge on any atom is 0.338 e. The van der Waals surface area contributed by atoms with Gasteiger partial charge in [0.25, 0.3) is 5.91 Å². The molecular weight excluding hydrogens is 423 g/mol. The first kappa shape index (κ1) is 22.1. The molecule has 4 rings (SSSR count). The van der Waals surface area contributed by atoms with Gasteiger partial charge in [-0.25, -0.2) is 9.18 Å². The maximum absolute atomic E-state index is 13.5. The van der Waals surface area contributed by atoms with Crippen molar-refractivity contribution in [2.24, 2.45) is 0 Å². The molecule has 0 unspecified atom stereocenters. The van der Waals surface area contributed by atoms with E-state index in [2.05, 4.69) is 5.32 Å². The van der Waals surface area contributed by atoms with Crippen LogP contribution >= 0.6 is 0 Å². The molecule has 168 valence electrons. The number of benzene rings is 3. The van der Waals surface area contributed by atoms with Crippen molar-refractivity contribution in [1.29, 1.82) is 0 Å². The quantitative estimate of drug-likeness (QED) is 0.305. The van der Waals surface area contributed by atoms with Crippen molar-refractivity contribution >= 4 is 28.5 Å². The van der Waals surface area contributed by atoms with E-state index in [0.717, 1.165) is 0 Å². The maximum atomic E-state index is 13.5. The molecule has 0 atom stereocenters. The van der Waals surface area contributed by atoms with Crippen LogP contribution in [0.4, 0.5) is 10.1 Å². The average molecular weight is 446 g/mol. The first-order valence-corrected chi connectivity index (χ1v) is 10.6. The topological polar surface area (TPSA) is 94.6 Å². The number of ether oxygens (including phenoxy) is 1. The Labute approximate surface area is 190 Å². The van der Waals surface area contributed by atoms with Crippen LogP contribution in [0.1, 0.15) is 34.6 Å². The van der Waals surface area contributed by atoms with Crippen molar-refractivity contribution in [2.45, 2.75) is 13.8 Å². The van der Waals surface area contributed by atoms with Crippen molar-refractivity contribution in [3.63, 3.8) is 0 Å². The van der Waals surface area contributed by atoms with Crippen molar-refractivity contribution in [3.05, 3.63) is 77.6 Å². The van der Waals surface area contributed by atoms with Crippen LogP contribution in [0.15, 0.2) is 65.1 Å². The summed E-state index contributed by atoms with van der Waals surface area (Å²) in [6, 6.07) is 16.1. The van der Waals surface area contributed by atoms with E-state index in [9.17, 15) is 14.0 Å². The number of nitrogen functional groups attached to an aromatic ring is 1. The molecule has 1 aromatic heterocycles. The predicted octanol–water partition coefficient (Wildman–Crippen LogP) is 5.41. The molecule has 0 saturated carbocycles. The summed E-state index contributed by atoms with van der Waals surface area (Å²) in [6.45, 7) is 4.27. The van der Waals surface area contributed by atoms with Gasteiger partial charge in [-0.15, -0.1) is 0 Å². The number of nitrogens with one attached hydrogen (secondary N) is 1. The summed E-state index contributed by atoms with van der Waals surface area (Å²) in [7, 11) is 0. The fourth-order valence-electron chi connectivity index (χ4n) is 3.72. The summed E-state index contributed by atoms with van der Waals surface area (Å²) in [5.41, 5.74) is 9.83. The van der Waals surface area contributed by atoms with E-state index in [1.165, 1.54) is 12.1 Å². The number of nitrogens with two attached hydrogens (primary N) is 1. The Morgan fingerprint density at radius 2 is 1.79 bits per heavy atom. The lowest BCUT2D eigenvalue weighted by molar-refractivity contribution is 0.0526. The van der Waals surface area contributed by atoms with E-state index in [0.29, 0.717) is 56.8 Å². The molecule has 4 aromatic rings. The van der Waals surface area contributed by atoms with Gasteiger partial charge in [-0.1, -0.05) is 12.1 Å². The number of hydrogen-bond donors (Lipinski definition) is 2. The molecule has 0 radical (unpaired) electrons. The molecule has 0 aliphatic heterocycles. The first-order valence-electron chi connectivity index (χ1n) is 10.6. The Kier molecular flexibility index (Phi) is 6.13. The van der Waals surface area contributed by atoms with E-state index in [1.54, 1.807) is 49.4 Å². The Hall–Kier alpha value is -4.13. The summed E-state index contributed by atoms with van der Waals surface area (Å²) in [6.07, 6.45) is 0. The van der Waals surface area contributed by atoms with E-state index in [-0.39, 0.29) is 18.3 Å². The fourth-order valence-corrected chi connectivity index (χ4v) is 3.72. The molecule has 3 N–H and O–H groups in total. The fraction of sp³-hybridized carbons (Fsp3) is 0.154. The molecule has 6 nitrogen and oxygen atoms in total. The number of carbonyl (C=O) groups is 2. The number of halogens is 1. The Bertz CT molecular complexity index is 1340. The molecule has 1 amide bonds. The summed E-state index contributed by atoms with van der Waals surface area (Å²) >= 11 is 0. The van der Waals surface area contributed by atoms with Gasteiger partial charge in [-0.2, -0.15) is 0 Å². The van der Waals surface area contributed by atoms with Crippen LogP contribution in [0.3, 0.4) is 0 Å². The van der Waals surface area contributed by atoms with Crippen LogP contribution in [0.2, 0.25) is 0 Å². The summed E-state index contributed by atoms with van der Waals surface area (Å²) < 4.78 is 24.6. The van der Waals surface area contributed by atoms with E-state index < -0.39 is 5.97 Å². The molecule has 0 bridgehead atoms. The van der Waals surface area contributed by atoms with Crippen LogP contribution in [-0.2, 0) is 4.74 Å². The van der Waals surface area contributed by atoms with Crippen LogP contribution in [0, 0.1) is 5.82 Å². The highest BCUT2D eigenvalue weighted by Gasteiger charge is 2.23. The van der Waals surface area contributed by atoms with Crippen molar-refractivity contribution in [3.8, 4) is 22.5 Å². The normalized spacial score (nSPS) is 10.9. The summed E-state index contributed by atoms with van der Waals surface area (Å²) in [5, 5.41) is 3.37. The summed E-state index contributed by atoms with van der Waals surface area (Å²) in [5.74, 6) is -0.800. The highest BCUT2D eigenvalue weighted by molar-refractivity contribution is 6.12. The largest absolute Gasteiger partial charge is 0.462 e. The lowest BCUT2D eigenvalue weighted by atomic mass is 9.97. The van der Waals surface area contributed by atoms with E-state index >= 15 is 0 Å². The van der Waals surface area contributed by atoms with Crippen LogP contribution in [0.5, 0.6) is 0 Å². The third-order valence-corrected chi connectivity index (χ3v) is 5.22. The Morgan fingerprint density at radius 1 is 1.03 bits per heavy atom. The minimum absolute atomic E-state index is 0.272. The van der Waals surface area contributed by atoms with Gasteiger partial charge >= 0.3 is 5.97 Å². The second kappa shape index (κ2) is 9.16. The number of rotatable bonds is 6. The minimum Gasteiger partial charge on any atom is -0.462 e. The number of furan rings is 1. The average Bonchev–Trinajstić information content (AvgIpc) is 3.17. The van der Waals surface area contributed by atoms with Gasteiger partial charge in [0.05, 0.1) is 17.7 Å². The van der Waals surface area contributed by atoms with E-state index in [1.807, 2.05) is 13.0 Å². The molecule has 0 fully saturated rings.